The van der Waals surface area contributed by atoms with Crippen LogP contribution in [0.4, 0.5) is 0 Å². The largest absolute Gasteiger partial charge is 0.359 e. The lowest BCUT2D eigenvalue weighted by atomic mass is 9.69. The van der Waals surface area contributed by atoms with Crippen molar-refractivity contribution in [1.29, 1.82) is 0 Å². The molecule has 0 saturated heterocycles. The van der Waals surface area contributed by atoms with Gasteiger partial charge in [-0.05, 0) is 18.3 Å². The number of rotatable bonds is 0. The minimum absolute atomic E-state index is 0.391. The molecule has 2 aliphatic rings. The van der Waals surface area contributed by atoms with Crippen LogP contribution in [0.5, 0.6) is 0 Å². The molecule has 0 aromatic rings. The standard InChI is InChI=1S/C11H13BN2/c1-8-5-9-10(14-4-3-13-9)7-11(2,12)6-8/h3-7,13-14H,1-2H3. The molecule has 0 spiro atoms. The molecular formula is C11H13BN2. The van der Waals surface area contributed by atoms with Crippen LogP contribution in [0.25, 0.3) is 0 Å². The first-order chi connectivity index (χ1) is 6.57. The van der Waals surface area contributed by atoms with Crippen molar-refractivity contribution >= 4 is 7.85 Å². The highest BCUT2D eigenvalue weighted by Gasteiger charge is 2.18. The van der Waals surface area contributed by atoms with Gasteiger partial charge in [-0.15, -0.1) is 0 Å². The summed E-state index contributed by atoms with van der Waals surface area (Å²) in [6.45, 7) is 4.04. The van der Waals surface area contributed by atoms with Gasteiger partial charge in [-0.1, -0.05) is 24.6 Å². The maximum Gasteiger partial charge on any atom is 0.0855 e. The molecule has 2 nitrogen and oxygen atoms in total. The Labute approximate surface area is 85.9 Å². The highest BCUT2D eigenvalue weighted by Crippen LogP contribution is 2.32. The molecule has 14 heavy (non-hydrogen) atoms. The van der Waals surface area contributed by atoms with E-state index in [2.05, 4.69) is 29.7 Å². The van der Waals surface area contributed by atoms with Gasteiger partial charge < -0.3 is 10.6 Å². The Morgan fingerprint density at radius 3 is 2.50 bits per heavy atom. The Kier molecular flexibility index (Phi) is 2.03. The number of nitrogens with one attached hydrogen (secondary N) is 2. The molecule has 0 aromatic heterocycles. The summed E-state index contributed by atoms with van der Waals surface area (Å²) in [5.74, 6) is 0. The Bertz CT molecular complexity index is 373. The van der Waals surface area contributed by atoms with Gasteiger partial charge in [0.15, 0.2) is 0 Å². The summed E-state index contributed by atoms with van der Waals surface area (Å²) in [5.41, 5.74) is 3.27. The van der Waals surface area contributed by atoms with Crippen molar-refractivity contribution < 1.29 is 0 Å². The lowest BCUT2D eigenvalue weighted by Gasteiger charge is -2.20. The van der Waals surface area contributed by atoms with Gasteiger partial charge in [0, 0.05) is 12.4 Å². The Morgan fingerprint density at radius 2 is 1.79 bits per heavy atom. The molecule has 2 rings (SSSR count). The fourth-order valence-corrected chi connectivity index (χ4v) is 1.77. The van der Waals surface area contributed by atoms with Gasteiger partial charge in [-0.25, -0.2) is 0 Å². The quantitative estimate of drug-likeness (QED) is 0.560. The fraction of sp³-hybridized carbons (Fsp3) is 0.273. The lowest BCUT2D eigenvalue weighted by molar-refractivity contribution is 0.877. The van der Waals surface area contributed by atoms with Gasteiger partial charge in [0.1, 0.15) is 0 Å². The van der Waals surface area contributed by atoms with E-state index in [9.17, 15) is 0 Å². The average Bonchev–Trinajstić information content (AvgIpc) is 2.16. The van der Waals surface area contributed by atoms with E-state index in [0.717, 1.165) is 11.4 Å². The third-order valence-electron chi connectivity index (χ3n) is 2.22. The molecule has 2 N–H and O–H groups in total. The van der Waals surface area contributed by atoms with Crippen molar-refractivity contribution in [2.45, 2.75) is 19.2 Å². The monoisotopic (exact) mass is 184 g/mol. The van der Waals surface area contributed by atoms with Crippen LogP contribution in [0.2, 0.25) is 5.31 Å². The molecule has 70 valence electrons. The van der Waals surface area contributed by atoms with E-state index >= 15 is 0 Å². The molecule has 0 bridgehead atoms. The molecule has 1 aliphatic heterocycles. The fourth-order valence-electron chi connectivity index (χ4n) is 1.77. The molecule has 0 fully saturated rings. The zero-order valence-corrected chi connectivity index (χ0v) is 8.46. The van der Waals surface area contributed by atoms with Crippen molar-refractivity contribution in [2.24, 2.45) is 0 Å². The normalized spacial score (nSPS) is 30.0. The number of fused-ring (bicyclic) bond motifs is 1. The van der Waals surface area contributed by atoms with E-state index < -0.39 is 5.31 Å². The van der Waals surface area contributed by atoms with E-state index in [1.54, 1.807) is 0 Å². The number of hydrogen-bond acceptors (Lipinski definition) is 2. The minimum atomic E-state index is -0.391. The highest BCUT2D eigenvalue weighted by molar-refractivity contribution is 6.18. The topological polar surface area (TPSA) is 24.1 Å². The highest BCUT2D eigenvalue weighted by atomic mass is 15.0. The first-order valence-electron chi connectivity index (χ1n) is 4.68. The third kappa shape index (κ3) is 1.76. The zero-order chi connectivity index (χ0) is 10.2. The van der Waals surface area contributed by atoms with Crippen molar-refractivity contribution in [1.82, 2.24) is 10.6 Å². The Morgan fingerprint density at radius 1 is 1.14 bits per heavy atom. The molecule has 1 atom stereocenters. The van der Waals surface area contributed by atoms with Crippen LogP contribution in [0.15, 0.2) is 47.6 Å². The first-order valence-corrected chi connectivity index (χ1v) is 4.68. The second-order valence-corrected chi connectivity index (χ2v) is 3.99. The summed E-state index contributed by atoms with van der Waals surface area (Å²) < 4.78 is 0. The molecule has 0 saturated carbocycles. The van der Waals surface area contributed by atoms with Crippen molar-refractivity contribution in [2.75, 3.05) is 0 Å². The predicted molar refractivity (Wildman–Crippen MR) is 59.5 cm³/mol. The average molecular weight is 184 g/mol. The van der Waals surface area contributed by atoms with Gasteiger partial charge in [-0.3, -0.25) is 0 Å². The summed E-state index contributed by atoms with van der Waals surface area (Å²) in [6, 6.07) is 0. The minimum Gasteiger partial charge on any atom is -0.359 e. The molecule has 1 unspecified atom stereocenters. The molecule has 0 amide bonds. The molecular weight excluding hydrogens is 171 g/mol. The summed E-state index contributed by atoms with van der Waals surface area (Å²) in [5, 5.41) is 5.96. The van der Waals surface area contributed by atoms with E-state index in [-0.39, 0.29) is 0 Å². The molecule has 2 radical (unpaired) electrons. The molecule has 0 aromatic carbocycles. The van der Waals surface area contributed by atoms with Gasteiger partial charge >= 0.3 is 0 Å². The Hall–Kier alpha value is -1.38. The maximum absolute atomic E-state index is 6.10. The smallest absolute Gasteiger partial charge is 0.0855 e. The number of allylic oxidation sites excluding steroid dienone is 4. The van der Waals surface area contributed by atoms with Crippen LogP contribution in [-0.2, 0) is 0 Å². The summed E-state index contributed by atoms with van der Waals surface area (Å²) in [7, 11) is 6.10. The second kappa shape index (κ2) is 3.09. The van der Waals surface area contributed by atoms with Crippen LogP contribution in [-0.4, -0.2) is 7.85 Å². The zero-order valence-electron chi connectivity index (χ0n) is 8.46. The van der Waals surface area contributed by atoms with Crippen LogP contribution in [0, 0.1) is 0 Å². The Balaban J connectivity index is 2.47. The summed E-state index contributed by atoms with van der Waals surface area (Å²) >= 11 is 0. The van der Waals surface area contributed by atoms with Gasteiger partial charge in [0.25, 0.3) is 0 Å². The predicted octanol–water partition coefficient (Wildman–Crippen LogP) is 1.73. The van der Waals surface area contributed by atoms with Gasteiger partial charge in [0.2, 0.25) is 0 Å². The van der Waals surface area contributed by atoms with Gasteiger partial charge in [-0.2, -0.15) is 0 Å². The van der Waals surface area contributed by atoms with Crippen molar-refractivity contribution in [3.63, 3.8) is 0 Å². The molecule has 1 aliphatic carbocycles. The van der Waals surface area contributed by atoms with E-state index in [1.807, 2.05) is 25.4 Å². The van der Waals surface area contributed by atoms with Crippen LogP contribution in [0.1, 0.15) is 13.8 Å². The third-order valence-corrected chi connectivity index (χ3v) is 2.22. The lowest BCUT2D eigenvalue weighted by Crippen LogP contribution is -2.22. The van der Waals surface area contributed by atoms with Crippen LogP contribution >= 0.6 is 0 Å². The van der Waals surface area contributed by atoms with E-state index in [4.69, 9.17) is 7.85 Å². The van der Waals surface area contributed by atoms with Crippen LogP contribution in [0.3, 0.4) is 0 Å². The van der Waals surface area contributed by atoms with E-state index in [0.29, 0.717) is 0 Å². The van der Waals surface area contributed by atoms with Gasteiger partial charge in [0.05, 0.1) is 19.2 Å². The number of hydrogen-bond donors (Lipinski definition) is 2. The first kappa shape index (κ1) is 9.19. The molecule has 3 heteroatoms. The molecule has 1 heterocycles. The van der Waals surface area contributed by atoms with Crippen LogP contribution < -0.4 is 10.6 Å². The van der Waals surface area contributed by atoms with E-state index in [1.165, 1.54) is 5.57 Å². The van der Waals surface area contributed by atoms with Crippen molar-refractivity contribution in [3.8, 4) is 0 Å². The SMILES string of the molecule is [B]C1(C)C=C(C)C=C2NC=CNC2=C1. The summed E-state index contributed by atoms with van der Waals surface area (Å²) in [4.78, 5) is 0. The summed E-state index contributed by atoms with van der Waals surface area (Å²) in [6.07, 6.45) is 9.89. The maximum atomic E-state index is 6.10. The second-order valence-electron chi connectivity index (χ2n) is 3.99. The van der Waals surface area contributed by atoms with Crippen molar-refractivity contribution in [3.05, 3.63) is 47.6 Å².